The third kappa shape index (κ3) is 3.60. The highest BCUT2D eigenvalue weighted by molar-refractivity contribution is 5.90. The smallest absolute Gasteiger partial charge is 0.269 e. The van der Waals surface area contributed by atoms with Gasteiger partial charge in [0, 0.05) is 25.4 Å². The van der Waals surface area contributed by atoms with E-state index in [9.17, 15) is 9.59 Å². The predicted octanol–water partition coefficient (Wildman–Crippen LogP) is 1.65. The molecule has 9 nitrogen and oxygen atoms in total. The number of rotatable bonds is 5. The van der Waals surface area contributed by atoms with Gasteiger partial charge in [-0.05, 0) is 30.9 Å². The van der Waals surface area contributed by atoms with Gasteiger partial charge in [0.05, 0.1) is 17.1 Å². The number of carbonyl (C=O) groups excluding carboxylic acids is 1. The number of anilines is 2. The lowest BCUT2D eigenvalue weighted by Gasteiger charge is -2.22. The first-order chi connectivity index (χ1) is 13.5. The molecule has 1 fully saturated rings. The van der Waals surface area contributed by atoms with Gasteiger partial charge < -0.3 is 10.2 Å². The SMILES string of the molecule is CC(C)c1nn(CC(=O)Nc2ccc3nncn3c2)c(=O)cc1N1CCCC1. The van der Waals surface area contributed by atoms with E-state index in [1.54, 1.807) is 35.1 Å². The summed E-state index contributed by atoms with van der Waals surface area (Å²) in [6.07, 6.45) is 5.53. The van der Waals surface area contributed by atoms with Crippen molar-refractivity contribution >= 4 is 22.9 Å². The fourth-order valence-corrected chi connectivity index (χ4v) is 3.47. The molecular weight excluding hydrogens is 358 g/mol. The molecule has 0 spiro atoms. The van der Waals surface area contributed by atoms with Gasteiger partial charge in [-0.15, -0.1) is 10.2 Å². The van der Waals surface area contributed by atoms with Crippen molar-refractivity contribution < 1.29 is 4.79 Å². The molecule has 4 heterocycles. The van der Waals surface area contributed by atoms with Crippen LogP contribution in [0.3, 0.4) is 0 Å². The monoisotopic (exact) mass is 381 g/mol. The average molecular weight is 381 g/mol. The largest absolute Gasteiger partial charge is 0.370 e. The molecular formula is C19H23N7O2. The Morgan fingerprint density at radius 3 is 2.79 bits per heavy atom. The molecule has 0 aromatic carbocycles. The Hall–Kier alpha value is -3.23. The van der Waals surface area contributed by atoms with Crippen molar-refractivity contribution in [3.05, 3.63) is 46.8 Å². The van der Waals surface area contributed by atoms with Crippen LogP contribution < -0.4 is 15.8 Å². The van der Waals surface area contributed by atoms with Crippen molar-refractivity contribution in [1.29, 1.82) is 0 Å². The number of carbonyl (C=O) groups is 1. The third-order valence-corrected chi connectivity index (χ3v) is 4.87. The number of hydrogen-bond acceptors (Lipinski definition) is 6. The molecule has 28 heavy (non-hydrogen) atoms. The first-order valence-corrected chi connectivity index (χ1v) is 9.47. The molecule has 3 aromatic rings. The zero-order chi connectivity index (χ0) is 19.7. The predicted molar refractivity (Wildman–Crippen MR) is 106 cm³/mol. The Morgan fingerprint density at radius 2 is 2.04 bits per heavy atom. The molecule has 1 amide bonds. The molecule has 1 N–H and O–H groups in total. The summed E-state index contributed by atoms with van der Waals surface area (Å²) >= 11 is 0. The maximum absolute atomic E-state index is 12.6. The quantitative estimate of drug-likeness (QED) is 0.722. The number of pyridine rings is 1. The first-order valence-electron chi connectivity index (χ1n) is 9.47. The second-order valence-electron chi connectivity index (χ2n) is 7.32. The van der Waals surface area contributed by atoms with Crippen LogP contribution in [0, 0.1) is 0 Å². The van der Waals surface area contributed by atoms with Crippen LogP contribution in [0.25, 0.3) is 5.65 Å². The van der Waals surface area contributed by atoms with E-state index >= 15 is 0 Å². The van der Waals surface area contributed by atoms with Crippen molar-refractivity contribution in [3.63, 3.8) is 0 Å². The average Bonchev–Trinajstić information content (AvgIpc) is 3.33. The third-order valence-electron chi connectivity index (χ3n) is 4.87. The first kappa shape index (κ1) is 18.1. The van der Waals surface area contributed by atoms with E-state index in [1.807, 2.05) is 13.8 Å². The molecule has 0 bridgehead atoms. The highest BCUT2D eigenvalue weighted by Gasteiger charge is 2.21. The maximum Gasteiger partial charge on any atom is 0.269 e. The number of nitrogens with one attached hydrogen (secondary N) is 1. The standard InChI is InChI=1S/C19H23N7O2/c1-13(2)19-15(24-7-3-4-8-24)9-18(28)26(23-19)11-17(27)21-14-5-6-16-22-20-12-25(16)10-14/h5-6,9-10,12-13H,3-4,7-8,11H2,1-2H3,(H,21,27). The topological polar surface area (TPSA) is 97.4 Å². The lowest BCUT2D eigenvalue weighted by Crippen LogP contribution is -2.32. The Kier molecular flexibility index (Phi) is 4.81. The molecule has 9 heteroatoms. The molecule has 0 unspecified atom stereocenters. The van der Waals surface area contributed by atoms with Gasteiger partial charge in [-0.25, -0.2) is 4.68 Å². The molecule has 0 radical (unpaired) electrons. The summed E-state index contributed by atoms with van der Waals surface area (Å²) in [5.74, 6) is -0.160. The number of aromatic nitrogens is 5. The number of amides is 1. The Labute approximate surface area is 162 Å². The zero-order valence-electron chi connectivity index (χ0n) is 16.0. The van der Waals surface area contributed by atoms with Gasteiger partial charge in [-0.3, -0.25) is 14.0 Å². The summed E-state index contributed by atoms with van der Waals surface area (Å²) in [5.41, 5.74) is 2.77. The summed E-state index contributed by atoms with van der Waals surface area (Å²) in [4.78, 5) is 27.3. The normalized spacial score (nSPS) is 14.2. The van der Waals surface area contributed by atoms with Crippen LogP contribution in [0.1, 0.15) is 38.3 Å². The van der Waals surface area contributed by atoms with Crippen LogP contribution in [0.2, 0.25) is 0 Å². The van der Waals surface area contributed by atoms with E-state index in [0.717, 1.165) is 37.3 Å². The van der Waals surface area contributed by atoms with Gasteiger partial charge in [0.15, 0.2) is 5.65 Å². The summed E-state index contributed by atoms with van der Waals surface area (Å²) in [5, 5.41) is 15.0. The fourth-order valence-electron chi connectivity index (χ4n) is 3.47. The van der Waals surface area contributed by atoms with Gasteiger partial charge in [-0.1, -0.05) is 13.8 Å². The molecule has 1 aliphatic heterocycles. The lowest BCUT2D eigenvalue weighted by molar-refractivity contribution is -0.117. The molecule has 146 valence electrons. The zero-order valence-corrected chi connectivity index (χ0v) is 16.0. The van der Waals surface area contributed by atoms with E-state index in [1.165, 1.54) is 4.68 Å². The molecule has 3 aromatic heterocycles. The highest BCUT2D eigenvalue weighted by Crippen LogP contribution is 2.26. The highest BCUT2D eigenvalue weighted by atomic mass is 16.2. The molecule has 0 saturated carbocycles. The molecule has 0 atom stereocenters. The van der Waals surface area contributed by atoms with Crippen molar-refractivity contribution in [2.45, 2.75) is 39.2 Å². The van der Waals surface area contributed by atoms with Crippen molar-refractivity contribution in [1.82, 2.24) is 24.4 Å². The maximum atomic E-state index is 12.6. The Bertz CT molecular complexity index is 1060. The molecule has 1 saturated heterocycles. The molecule has 1 aliphatic rings. The summed E-state index contributed by atoms with van der Waals surface area (Å²) in [6, 6.07) is 5.12. The van der Waals surface area contributed by atoms with Gasteiger partial charge in [0.2, 0.25) is 5.91 Å². The number of fused-ring (bicyclic) bond motifs is 1. The van der Waals surface area contributed by atoms with Gasteiger partial charge in [-0.2, -0.15) is 5.10 Å². The number of nitrogens with zero attached hydrogens (tertiary/aromatic N) is 6. The van der Waals surface area contributed by atoms with Crippen LogP contribution in [-0.4, -0.2) is 43.4 Å². The van der Waals surface area contributed by atoms with E-state index in [-0.39, 0.29) is 23.9 Å². The van der Waals surface area contributed by atoms with Crippen LogP contribution in [-0.2, 0) is 11.3 Å². The van der Waals surface area contributed by atoms with E-state index in [0.29, 0.717) is 11.3 Å². The van der Waals surface area contributed by atoms with E-state index < -0.39 is 0 Å². The van der Waals surface area contributed by atoms with Gasteiger partial charge >= 0.3 is 0 Å². The molecule has 4 rings (SSSR count). The minimum atomic E-state index is -0.314. The van der Waals surface area contributed by atoms with E-state index in [4.69, 9.17) is 0 Å². The Balaban J connectivity index is 1.55. The lowest BCUT2D eigenvalue weighted by atomic mass is 10.1. The Morgan fingerprint density at radius 1 is 1.25 bits per heavy atom. The van der Waals surface area contributed by atoms with Crippen LogP contribution >= 0.6 is 0 Å². The van der Waals surface area contributed by atoms with Crippen molar-refractivity contribution in [2.75, 3.05) is 23.3 Å². The van der Waals surface area contributed by atoms with E-state index in [2.05, 4.69) is 25.5 Å². The second kappa shape index (κ2) is 7.41. The van der Waals surface area contributed by atoms with Crippen molar-refractivity contribution in [2.24, 2.45) is 0 Å². The van der Waals surface area contributed by atoms with Crippen LogP contribution in [0.4, 0.5) is 11.4 Å². The summed E-state index contributed by atoms with van der Waals surface area (Å²) < 4.78 is 2.95. The van der Waals surface area contributed by atoms with Gasteiger partial charge in [0.25, 0.3) is 5.56 Å². The summed E-state index contributed by atoms with van der Waals surface area (Å²) in [6.45, 7) is 5.84. The fraction of sp³-hybridized carbons (Fsp3) is 0.421. The minimum Gasteiger partial charge on any atom is -0.370 e. The van der Waals surface area contributed by atoms with Crippen molar-refractivity contribution in [3.8, 4) is 0 Å². The van der Waals surface area contributed by atoms with Crippen LogP contribution in [0.5, 0.6) is 0 Å². The minimum absolute atomic E-state index is 0.140. The number of hydrogen-bond donors (Lipinski definition) is 1. The molecule has 0 aliphatic carbocycles. The summed E-state index contributed by atoms with van der Waals surface area (Å²) in [7, 11) is 0. The second-order valence-corrected chi connectivity index (χ2v) is 7.32. The van der Waals surface area contributed by atoms with Gasteiger partial charge in [0.1, 0.15) is 12.9 Å². The van der Waals surface area contributed by atoms with Crippen LogP contribution in [0.15, 0.2) is 35.5 Å².